The average molecular weight is 359 g/mol. The van der Waals surface area contributed by atoms with E-state index in [0.717, 1.165) is 9.52 Å². The topological polar surface area (TPSA) is 0 Å². The molecule has 0 aromatic heterocycles. The van der Waals surface area contributed by atoms with E-state index < -0.39 is 0 Å². The summed E-state index contributed by atoms with van der Waals surface area (Å²) in [5.74, 6) is 0. The molecule has 6 rings (SSSR count). The third-order valence-corrected chi connectivity index (χ3v) is 7.91. The van der Waals surface area contributed by atoms with Crippen molar-refractivity contribution in [3.63, 3.8) is 0 Å². The molecule has 0 spiro atoms. The Labute approximate surface area is 162 Å². The summed E-state index contributed by atoms with van der Waals surface area (Å²) in [7, 11) is 0.808. The lowest BCUT2D eigenvalue weighted by Gasteiger charge is -2.19. The van der Waals surface area contributed by atoms with Crippen LogP contribution in [0.1, 0.15) is 33.3 Å². The van der Waals surface area contributed by atoms with Crippen molar-refractivity contribution in [1.82, 2.24) is 0 Å². The number of hydrogen-bond donors (Lipinski definition) is 0. The van der Waals surface area contributed by atoms with E-state index >= 15 is 0 Å². The van der Waals surface area contributed by atoms with Crippen LogP contribution in [0.25, 0.3) is 22.3 Å². The first kappa shape index (κ1) is 15.2. The predicted octanol–water partition coefficient (Wildman–Crippen LogP) is 6.23. The molecule has 0 bridgehead atoms. The molecule has 4 aromatic carbocycles. The highest BCUT2D eigenvalue weighted by Crippen LogP contribution is 2.50. The van der Waals surface area contributed by atoms with E-state index in [-0.39, 0.29) is 0 Å². The second kappa shape index (κ2) is 5.80. The van der Waals surface area contributed by atoms with Crippen LogP contribution in [0.3, 0.4) is 0 Å². The molecule has 0 saturated carbocycles. The van der Waals surface area contributed by atoms with Gasteiger partial charge in [0.2, 0.25) is 0 Å². The third kappa shape index (κ3) is 2.15. The van der Waals surface area contributed by atoms with Gasteiger partial charge in [-0.1, -0.05) is 97.1 Å². The van der Waals surface area contributed by atoms with Crippen LogP contribution in [0.2, 0.25) is 0 Å². The summed E-state index contributed by atoms with van der Waals surface area (Å²) in [6.07, 6.45) is 0. The second-order valence-electron chi connectivity index (χ2n) is 7.38. The largest absolute Gasteiger partial charge is 0.0687 e. The van der Waals surface area contributed by atoms with Crippen molar-refractivity contribution in [2.75, 3.05) is 0 Å². The third-order valence-electron chi connectivity index (χ3n) is 6.00. The summed E-state index contributed by atoms with van der Waals surface area (Å²) < 4.78 is 0. The lowest BCUT2D eigenvalue weighted by atomic mass is 10.1. The molecular formula is C26H18Si. The first-order valence-corrected chi connectivity index (χ1v) is 10.7. The van der Waals surface area contributed by atoms with Crippen molar-refractivity contribution in [2.45, 2.75) is 11.1 Å². The number of fused-ring (bicyclic) bond motifs is 6. The zero-order valence-corrected chi connectivity index (χ0v) is 15.9. The van der Waals surface area contributed by atoms with Gasteiger partial charge in [0.25, 0.3) is 0 Å². The van der Waals surface area contributed by atoms with Crippen LogP contribution in [-0.4, -0.2) is 9.52 Å². The van der Waals surface area contributed by atoms with Crippen LogP contribution in [0.5, 0.6) is 0 Å². The molecule has 0 unspecified atom stereocenters. The maximum absolute atomic E-state index is 2.33. The molecular weight excluding hydrogens is 340 g/mol. The van der Waals surface area contributed by atoms with E-state index in [1.165, 1.54) is 44.5 Å². The molecule has 0 fully saturated rings. The van der Waals surface area contributed by atoms with E-state index in [1.807, 2.05) is 0 Å². The Morgan fingerprint density at radius 2 is 0.630 bits per heavy atom. The molecule has 0 N–H and O–H groups in total. The van der Waals surface area contributed by atoms with Gasteiger partial charge in [0.15, 0.2) is 0 Å². The van der Waals surface area contributed by atoms with E-state index in [2.05, 4.69) is 97.1 Å². The summed E-state index contributed by atoms with van der Waals surface area (Å²) in [4.78, 5) is 0. The zero-order valence-electron chi connectivity index (χ0n) is 14.9. The Morgan fingerprint density at radius 1 is 0.370 bits per heavy atom. The average Bonchev–Trinajstić information content (AvgIpc) is 3.23. The Morgan fingerprint density at radius 3 is 0.926 bits per heavy atom. The molecule has 0 saturated heterocycles. The molecule has 0 heterocycles. The predicted molar refractivity (Wildman–Crippen MR) is 113 cm³/mol. The Hall–Kier alpha value is -2.90. The smallest absolute Gasteiger partial charge is 0.0619 e. The van der Waals surface area contributed by atoms with Crippen molar-refractivity contribution < 1.29 is 0 Å². The summed E-state index contributed by atoms with van der Waals surface area (Å²) in [5.41, 5.74) is 12.7. The van der Waals surface area contributed by atoms with Crippen molar-refractivity contribution in [2.24, 2.45) is 0 Å². The molecule has 0 nitrogen and oxygen atoms in total. The van der Waals surface area contributed by atoms with E-state index in [1.54, 1.807) is 0 Å². The highest BCUT2D eigenvalue weighted by Gasteiger charge is 2.35. The van der Waals surface area contributed by atoms with Gasteiger partial charge < -0.3 is 0 Å². The minimum absolute atomic E-state index is 0.488. The van der Waals surface area contributed by atoms with Crippen LogP contribution in [0, 0.1) is 0 Å². The highest BCUT2D eigenvalue weighted by atomic mass is 28.2. The molecule has 0 atom stereocenters. The van der Waals surface area contributed by atoms with Gasteiger partial charge in [-0.25, -0.2) is 0 Å². The van der Waals surface area contributed by atoms with Crippen LogP contribution < -0.4 is 0 Å². The van der Waals surface area contributed by atoms with Gasteiger partial charge in [-0.15, -0.1) is 0 Å². The zero-order chi connectivity index (χ0) is 17.8. The Balaban J connectivity index is 1.51. The molecule has 4 aromatic rings. The van der Waals surface area contributed by atoms with Gasteiger partial charge in [0.1, 0.15) is 0 Å². The molecule has 27 heavy (non-hydrogen) atoms. The van der Waals surface area contributed by atoms with Crippen molar-refractivity contribution >= 4 is 9.52 Å². The van der Waals surface area contributed by atoms with E-state index in [4.69, 9.17) is 0 Å². The van der Waals surface area contributed by atoms with Gasteiger partial charge >= 0.3 is 0 Å². The minimum Gasteiger partial charge on any atom is -0.0619 e. The molecule has 0 aliphatic heterocycles. The lowest BCUT2D eigenvalue weighted by molar-refractivity contribution is 1.09. The van der Waals surface area contributed by atoms with Crippen LogP contribution in [0.4, 0.5) is 0 Å². The maximum Gasteiger partial charge on any atom is 0.0687 e. The van der Waals surface area contributed by atoms with Crippen LogP contribution >= 0.6 is 0 Å². The monoisotopic (exact) mass is 358 g/mol. The van der Waals surface area contributed by atoms with Crippen LogP contribution in [-0.2, 0) is 0 Å². The fourth-order valence-electron chi connectivity index (χ4n) is 4.84. The number of hydrogen-bond acceptors (Lipinski definition) is 0. The summed E-state index contributed by atoms with van der Waals surface area (Å²) >= 11 is 0. The standard InChI is InChI=1S/C26H18Si/c1-5-13-21-17(9-1)18-10-2-6-14-22(18)25(21)27-26-23-15-7-3-11-19(23)20-12-4-8-16-24(20)26/h1-16,25-26H. The molecule has 0 amide bonds. The SMILES string of the molecule is c1ccc2c(c1)-c1ccccc1C2[Si]C1c2ccccc2-c2ccccc21. The molecule has 126 valence electrons. The van der Waals surface area contributed by atoms with Crippen molar-refractivity contribution in [1.29, 1.82) is 0 Å². The van der Waals surface area contributed by atoms with Gasteiger partial charge in [0.05, 0.1) is 9.52 Å². The van der Waals surface area contributed by atoms with Crippen molar-refractivity contribution in [3.05, 3.63) is 119 Å². The highest BCUT2D eigenvalue weighted by molar-refractivity contribution is 6.44. The maximum atomic E-state index is 2.33. The first-order valence-electron chi connectivity index (χ1n) is 9.54. The van der Waals surface area contributed by atoms with E-state index in [0.29, 0.717) is 11.1 Å². The fraction of sp³-hybridized carbons (Fsp3) is 0.0769. The number of benzene rings is 4. The fourth-order valence-corrected chi connectivity index (χ4v) is 6.90. The molecule has 2 aliphatic carbocycles. The molecule has 2 aliphatic rings. The molecule has 2 radical (unpaired) electrons. The summed E-state index contributed by atoms with van der Waals surface area (Å²) in [5, 5.41) is 0. The number of rotatable bonds is 2. The normalized spacial score (nSPS) is 14.5. The Bertz CT molecular complexity index is 990. The molecule has 1 heteroatoms. The quantitative estimate of drug-likeness (QED) is 0.373. The Kier molecular flexibility index (Phi) is 3.26. The minimum atomic E-state index is 0.488. The van der Waals surface area contributed by atoms with Gasteiger partial charge in [-0.2, -0.15) is 0 Å². The summed E-state index contributed by atoms with van der Waals surface area (Å²) in [6, 6.07) is 35.9. The van der Waals surface area contributed by atoms with Gasteiger partial charge in [-0.05, 0) is 44.5 Å². The van der Waals surface area contributed by atoms with Crippen LogP contribution in [0.15, 0.2) is 97.1 Å². The van der Waals surface area contributed by atoms with Crippen molar-refractivity contribution in [3.8, 4) is 22.3 Å². The summed E-state index contributed by atoms with van der Waals surface area (Å²) in [6.45, 7) is 0. The lowest BCUT2D eigenvalue weighted by Crippen LogP contribution is -2.16. The van der Waals surface area contributed by atoms with E-state index in [9.17, 15) is 0 Å². The van der Waals surface area contributed by atoms with Gasteiger partial charge in [0, 0.05) is 11.1 Å². The first-order chi connectivity index (χ1) is 13.4. The second-order valence-corrected chi connectivity index (χ2v) is 8.87. The van der Waals surface area contributed by atoms with Gasteiger partial charge in [-0.3, -0.25) is 0 Å².